The summed E-state index contributed by atoms with van der Waals surface area (Å²) in [7, 11) is 0. The summed E-state index contributed by atoms with van der Waals surface area (Å²) in [6, 6.07) is 0. The number of carbonyl (C=O) groups excluding carboxylic acids is 1. The third kappa shape index (κ3) is 1.63. The topological polar surface area (TPSA) is 32.3 Å². The van der Waals surface area contributed by atoms with Crippen LogP contribution in [-0.4, -0.2) is 42.7 Å². The van der Waals surface area contributed by atoms with Crippen molar-refractivity contribution in [2.24, 2.45) is 5.92 Å². The third-order valence-electron chi connectivity index (χ3n) is 3.20. The molecular weight excluding hydrogens is 183 g/mol. The lowest BCUT2D eigenvalue weighted by Gasteiger charge is -2.24. The lowest BCUT2D eigenvalue weighted by Crippen LogP contribution is -2.46. The van der Waals surface area contributed by atoms with Gasteiger partial charge >= 0.3 is 0 Å². The highest BCUT2D eigenvalue weighted by Crippen LogP contribution is 2.26. The van der Waals surface area contributed by atoms with E-state index >= 15 is 0 Å². The molecule has 2 rings (SSSR count). The van der Waals surface area contributed by atoms with Gasteiger partial charge in [-0.1, -0.05) is 6.92 Å². The van der Waals surface area contributed by atoms with Crippen molar-refractivity contribution in [3.63, 3.8) is 0 Å². The average Bonchev–Trinajstić information content (AvgIpc) is 2.74. The van der Waals surface area contributed by atoms with Gasteiger partial charge in [0.25, 0.3) is 5.91 Å². The zero-order valence-corrected chi connectivity index (χ0v) is 8.55. The van der Waals surface area contributed by atoms with Crippen LogP contribution in [0.4, 0.5) is 4.39 Å². The van der Waals surface area contributed by atoms with Crippen molar-refractivity contribution in [3.05, 3.63) is 0 Å². The molecule has 2 atom stereocenters. The van der Waals surface area contributed by atoms with Crippen LogP contribution in [0.15, 0.2) is 0 Å². The van der Waals surface area contributed by atoms with Gasteiger partial charge in [-0.2, -0.15) is 0 Å². The molecule has 14 heavy (non-hydrogen) atoms. The standard InChI is InChI=1S/C10H17FN2O/c1-8-2-5-13(6-8)9(14)10(11)3-4-12-7-10/h8,12H,2-7H2,1H3. The van der Waals surface area contributed by atoms with Crippen LogP contribution < -0.4 is 5.32 Å². The molecule has 0 spiro atoms. The summed E-state index contributed by atoms with van der Waals surface area (Å²) in [4.78, 5) is 13.5. The van der Waals surface area contributed by atoms with Crippen LogP contribution in [0.1, 0.15) is 19.8 Å². The summed E-state index contributed by atoms with van der Waals surface area (Å²) < 4.78 is 14.0. The smallest absolute Gasteiger partial charge is 0.261 e. The summed E-state index contributed by atoms with van der Waals surface area (Å²) >= 11 is 0. The van der Waals surface area contributed by atoms with Crippen LogP contribution >= 0.6 is 0 Å². The quantitative estimate of drug-likeness (QED) is 0.670. The van der Waals surface area contributed by atoms with Gasteiger partial charge < -0.3 is 10.2 Å². The maximum Gasteiger partial charge on any atom is 0.261 e. The van der Waals surface area contributed by atoms with Crippen molar-refractivity contribution in [2.75, 3.05) is 26.2 Å². The molecule has 0 radical (unpaired) electrons. The highest BCUT2D eigenvalue weighted by Gasteiger charge is 2.45. The van der Waals surface area contributed by atoms with E-state index in [4.69, 9.17) is 0 Å². The number of rotatable bonds is 1. The second kappa shape index (κ2) is 3.50. The molecule has 3 nitrogen and oxygen atoms in total. The fraction of sp³-hybridized carbons (Fsp3) is 0.900. The third-order valence-corrected chi connectivity index (χ3v) is 3.20. The summed E-state index contributed by atoms with van der Waals surface area (Å²) in [5.74, 6) is 0.226. The molecule has 2 fully saturated rings. The molecular formula is C10H17FN2O. The average molecular weight is 200 g/mol. The molecule has 2 saturated heterocycles. The number of hydrogen-bond donors (Lipinski definition) is 1. The second-order valence-corrected chi connectivity index (χ2v) is 4.54. The van der Waals surface area contributed by atoms with E-state index < -0.39 is 5.67 Å². The first-order valence-corrected chi connectivity index (χ1v) is 5.31. The Morgan fingerprint density at radius 2 is 2.43 bits per heavy atom. The van der Waals surface area contributed by atoms with Crippen LogP contribution in [0.2, 0.25) is 0 Å². The lowest BCUT2D eigenvalue weighted by molar-refractivity contribution is -0.141. The highest BCUT2D eigenvalue weighted by atomic mass is 19.1. The lowest BCUT2D eigenvalue weighted by atomic mass is 10.0. The van der Waals surface area contributed by atoms with Gasteiger partial charge in [0.15, 0.2) is 0 Å². The van der Waals surface area contributed by atoms with E-state index in [1.165, 1.54) is 0 Å². The van der Waals surface area contributed by atoms with Crippen LogP contribution in [0.5, 0.6) is 0 Å². The number of hydrogen-bond acceptors (Lipinski definition) is 2. The van der Waals surface area contributed by atoms with Gasteiger partial charge in [0, 0.05) is 26.1 Å². The summed E-state index contributed by atoms with van der Waals surface area (Å²) in [6.07, 6.45) is 1.34. The van der Waals surface area contributed by atoms with E-state index in [1.807, 2.05) is 0 Å². The molecule has 0 saturated carbocycles. The van der Waals surface area contributed by atoms with Crippen LogP contribution in [0.3, 0.4) is 0 Å². The molecule has 80 valence electrons. The molecule has 0 aromatic carbocycles. The monoisotopic (exact) mass is 200 g/mol. The maximum atomic E-state index is 14.0. The molecule has 2 aliphatic heterocycles. The molecule has 1 amide bonds. The minimum Gasteiger partial charge on any atom is -0.340 e. The molecule has 0 aliphatic carbocycles. The minimum atomic E-state index is -1.62. The molecule has 0 bridgehead atoms. The number of nitrogens with one attached hydrogen (secondary N) is 1. The molecule has 2 heterocycles. The fourth-order valence-electron chi connectivity index (χ4n) is 2.25. The zero-order chi connectivity index (χ0) is 10.2. The van der Waals surface area contributed by atoms with E-state index in [-0.39, 0.29) is 12.5 Å². The Kier molecular flexibility index (Phi) is 2.47. The zero-order valence-electron chi connectivity index (χ0n) is 8.55. The molecule has 0 aromatic heterocycles. The molecule has 4 heteroatoms. The summed E-state index contributed by atoms with van der Waals surface area (Å²) in [5.41, 5.74) is -1.62. The molecule has 2 unspecified atom stereocenters. The summed E-state index contributed by atoms with van der Waals surface area (Å²) in [6.45, 7) is 4.36. The molecule has 2 aliphatic rings. The maximum absolute atomic E-state index is 14.0. The fourth-order valence-corrected chi connectivity index (χ4v) is 2.25. The van der Waals surface area contributed by atoms with E-state index in [0.29, 0.717) is 18.9 Å². The Morgan fingerprint density at radius 1 is 1.64 bits per heavy atom. The van der Waals surface area contributed by atoms with Crippen LogP contribution in [0.25, 0.3) is 0 Å². The van der Waals surface area contributed by atoms with Gasteiger partial charge in [0.05, 0.1) is 0 Å². The van der Waals surface area contributed by atoms with E-state index in [2.05, 4.69) is 12.2 Å². The predicted octanol–water partition coefficient (Wildman–Crippen LogP) is 0.556. The first kappa shape index (κ1) is 9.90. The summed E-state index contributed by atoms with van der Waals surface area (Å²) in [5, 5.41) is 2.91. The highest BCUT2D eigenvalue weighted by molar-refractivity contribution is 5.86. The molecule has 0 aromatic rings. The van der Waals surface area contributed by atoms with Gasteiger partial charge in [-0.15, -0.1) is 0 Å². The van der Waals surface area contributed by atoms with Gasteiger partial charge in [0.2, 0.25) is 5.67 Å². The van der Waals surface area contributed by atoms with Crippen LogP contribution in [0, 0.1) is 5.92 Å². The number of alkyl halides is 1. The SMILES string of the molecule is CC1CCN(C(=O)C2(F)CCNC2)C1. The van der Waals surface area contributed by atoms with Crippen molar-refractivity contribution >= 4 is 5.91 Å². The number of likely N-dealkylation sites (tertiary alicyclic amines) is 1. The Labute approximate surface area is 83.6 Å². The Hall–Kier alpha value is -0.640. The van der Waals surface area contributed by atoms with E-state index in [0.717, 1.165) is 19.5 Å². The first-order chi connectivity index (χ1) is 6.62. The first-order valence-electron chi connectivity index (χ1n) is 5.31. The normalized spacial score (nSPS) is 37.9. The minimum absolute atomic E-state index is 0.191. The van der Waals surface area contributed by atoms with Crippen molar-refractivity contribution in [1.29, 1.82) is 0 Å². The van der Waals surface area contributed by atoms with Gasteiger partial charge in [-0.05, 0) is 18.9 Å². The number of nitrogens with zero attached hydrogens (tertiary/aromatic N) is 1. The van der Waals surface area contributed by atoms with E-state index in [9.17, 15) is 9.18 Å². The van der Waals surface area contributed by atoms with Crippen LogP contribution in [-0.2, 0) is 4.79 Å². The predicted molar refractivity (Wildman–Crippen MR) is 51.7 cm³/mol. The van der Waals surface area contributed by atoms with Gasteiger partial charge in [-0.25, -0.2) is 4.39 Å². The number of amides is 1. The van der Waals surface area contributed by atoms with Crippen molar-refractivity contribution < 1.29 is 9.18 Å². The van der Waals surface area contributed by atoms with Gasteiger partial charge in [0.1, 0.15) is 0 Å². The van der Waals surface area contributed by atoms with E-state index in [1.54, 1.807) is 4.90 Å². The number of halogens is 1. The van der Waals surface area contributed by atoms with Crippen molar-refractivity contribution in [1.82, 2.24) is 10.2 Å². The molecule has 1 N–H and O–H groups in total. The Balaban J connectivity index is 2.00. The van der Waals surface area contributed by atoms with Crippen molar-refractivity contribution in [3.8, 4) is 0 Å². The number of carbonyl (C=O) groups is 1. The Morgan fingerprint density at radius 3 is 2.93 bits per heavy atom. The Bertz CT molecular complexity index is 238. The second-order valence-electron chi connectivity index (χ2n) is 4.54. The largest absolute Gasteiger partial charge is 0.340 e. The van der Waals surface area contributed by atoms with Crippen molar-refractivity contribution in [2.45, 2.75) is 25.4 Å². The van der Waals surface area contributed by atoms with Gasteiger partial charge in [-0.3, -0.25) is 4.79 Å².